The molecule has 7 heteroatoms. The van der Waals surface area contributed by atoms with Gasteiger partial charge in [-0.15, -0.1) is 0 Å². The molecule has 0 aromatic heterocycles. The zero-order valence-electron chi connectivity index (χ0n) is 7.65. The molecule has 7 nitrogen and oxygen atoms in total. The van der Waals surface area contributed by atoms with Crippen molar-refractivity contribution < 1.29 is 29.4 Å². The minimum atomic E-state index is -1.74. The fraction of sp³-hybridized carbons (Fsp3) is 0.500. The molecule has 1 unspecified atom stereocenters. The molecule has 1 rings (SSSR count). The summed E-state index contributed by atoms with van der Waals surface area (Å²) in [4.78, 5) is 42.9. The lowest BCUT2D eigenvalue weighted by Gasteiger charge is -2.21. The van der Waals surface area contributed by atoms with Gasteiger partial charge < -0.3 is 15.5 Å². The van der Waals surface area contributed by atoms with Crippen LogP contribution in [0, 0.1) is 0 Å². The van der Waals surface area contributed by atoms with E-state index in [2.05, 4.69) is 5.32 Å². The summed E-state index contributed by atoms with van der Waals surface area (Å²) in [5, 5.41) is 19.3. The number of aliphatic carboxylic acids is 2. The molecule has 0 aliphatic carbocycles. The highest BCUT2D eigenvalue weighted by molar-refractivity contribution is 6.33. The predicted octanol–water partition coefficient (Wildman–Crippen LogP) is -1.24. The third kappa shape index (κ3) is 2.12. The first-order valence-corrected chi connectivity index (χ1v) is 4.18. The Balaban J connectivity index is 2.85. The van der Waals surface area contributed by atoms with Gasteiger partial charge in [-0.3, -0.25) is 9.59 Å². The molecule has 1 aliphatic heterocycles. The van der Waals surface area contributed by atoms with E-state index in [1.807, 2.05) is 0 Å². The molecular formula is C8H9NO6. The molecule has 82 valence electrons. The Hall–Kier alpha value is -1.92. The minimum absolute atomic E-state index is 0.0147. The van der Waals surface area contributed by atoms with Crippen molar-refractivity contribution in [3.05, 3.63) is 0 Å². The fourth-order valence-corrected chi connectivity index (χ4v) is 1.44. The maximum absolute atomic E-state index is 10.9. The average molecular weight is 215 g/mol. The number of nitrogens with one attached hydrogen (secondary N) is 1. The van der Waals surface area contributed by atoms with Crippen LogP contribution in [-0.4, -0.2) is 39.4 Å². The number of carbonyl (C=O) groups excluding carboxylic acids is 2. The molecule has 1 amide bonds. The lowest BCUT2D eigenvalue weighted by Crippen LogP contribution is -2.51. The average Bonchev–Trinajstić information content (AvgIpc) is 2.48. The second kappa shape index (κ2) is 3.68. The van der Waals surface area contributed by atoms with Gasteiger partial charge in [0.05, 0.1) is 6.42 Å². The Labute approximate surface area is 84.1 Å². The first kappa shape index (κ1) is 11.2. The number of ketones is 1. The zero-order valence-corrected chi connectivity index (χ0v) is 7.65. The van der Waals surface area contributed by atoms with E-state index < -0.39 is 35.6 Å². The molecule has 0 bridgehead atoms. The number of Topliss-reactive ketones (excluding diaryl/α,β-unsaturated/α-hetero) is 1. The lowest BCUT2D eigenvalue weighted by molar-refractivity contribution is -0.153. The van der Waals surface area contributed by atoms with Crippen molar-refractivity contribution in [1.29, 1.82) is 0 Å². The molecular weight excluding hydrogens is 206 g/mol. The summed E-state index contributed by atoms with van der Waals surface area (Å²) >= 11 is 0. The van der Waals surface area contributed by atoms with E-state index in [-0.39, 0.29) is 12.8 Å². The second-order valence-electron chi connectivity index (χ2n) is 3.34. The van der Waals surface area contributed by atoms with Crippen LogP contribution in [0.1, 0.15) is 19.3 Å². The summed E-state index contributed by atoms with van der Waals surface area (Å²) < 4.78 is 0. The van der Waals surface area contributed by atoms with Crippen molar-refractivity contribution >= 4 is 23.6 Å². The monoisotopic (exact) mass is 215 g/mol. The molecule has 0 radical (unpaired) electrons. The Kier molecular flexibility index (Phi) is 2.74. The third-order valence-corrected chi connectivity index (χ3v) is 2.27. The van der Waals surface area contributed by atoms with Crippen LogP contribution in [0.2, 0.25) is 0 Å². The van der Waals surface area contributed by atoms with Gasteiger partial charge in [-0.1, -0.05) is 0 Å². The first-order valence-electron chi connectivity index (χ1n) is 4.18. The van der Waals surface area contributed by atoms with Crippen LogP contribution in [0.4, 0.5) is 0 Å². The van der Waals surface area contributed by atoms with E-state index in [9.17, 15) is 19.2 Å². The lowest BCUT2D eigenvalue weighted by atomic mass is 9.91. The summed E-state index contributed by atoms with van der Waals surface area (Å²) in [6, 6.07) is 0. The van der Waals surface area contributed by atoms with Gasteiger partial charge in [-0.05, 0) is 6.42 Å². The highest BCUT2D eigenvalue weighted by Crippen LogP contribution is 2.24. The van der Waals surface area contributed by atoms with Crippen molar-refractivity contribution in [3.8, 4) is 0 Å². The quantitative estimate of drug-likeness (QED) is 0.504. The number of carboxylic acids is 2. The molecule has 1 aliphatic rings. The van der Waals surface area contributed by atoms with Crippen LogP contribution in [0.5, 0.6) is 0 Å². The number of amides is 1. The van der Waals surface area contributed by atoms with E-state index in [4.69, 9.17) is 10.2 Å². The van der Waals surface area contributed by atoms with Crippen molar-refractivity contribution in [2.45, 2.75) is 24.8 Å². The van der Waals surface area contributed by atoms with Crippen LogP contribution < -0.4 is 5.32 Å². The Morgan fingerprint density at radius 2 is 1.93 bits per heavy atom. The summed E-state index contributed by atoms with van der Waals surface area (Å²) in [6.07, 6.45) is -0.803. The number of rotatable bonds is 4. The number of carbonyl (C=O) groups is 4. The summed E-state index contributed by atoms with van der Waals surface area (Å²) in [5.41, 5.74) is -1.74. The zero-order chi connectivity index (χ0) is 11.6. The predicted molar refractivity (Wildman–Crippen MR) is 45.0 cm³/mol. The normalized spacial score (nSPS) is 24.7. The third-order valence-electron chi connectivity index (χ3n) is 2.27. The molecule has 0 aromatic rings. The summed E-state index contributed by atoms with van der Waals surface area (Å²) in [6.45, 7) is 0. The van der Waals surface area contributed by atoms with E-state index >= 15 is 0 Å². The van der Waals surface area contributed by atoms with Crippen LogP contribution in [0.3, 0.4) is 0 Å². The molecule has 0 saturated carbocycles. The Morgan fingerprint density at radius 1 is 1.33 bits per heavy atom. The molecule has 0 spiro atoms. The maximum Gasteiger partial charge on any atom is 0.372 e. The largest absolute Gasteiger partial charge is 0.479 e. The van der Waals surface area contributed by atoms with E-state index in [1.165, 1.54) is 0 Å². The van der Waals surface area contributed by atoms with Gasteiger partial charge in [0.15, 0.2) is 0 Å². The molecule has 1 fully saturated rings. The molecule has 1 heterocycles. The van der Waals surface area contributed by atoms with Gasteiger partial charge in [0.2, 0.25) is 11.7 Å². The second-order valence-corrected chi connectivity index (χ2v) is 3.34. The topological polar surface area (TPSA) is 121 Å². The number of carboxylic acid groups (broad SMARTS) is 2. The SMILES string of the molecule is O=C1CCC(CC(=O)C(=O)O)(C(=O)O)N1. The molecule has 15 heavy (non-hydrogen) atoms. The molecule has 0 aromatic carbocycles. The van der Waals surface area contributed by atoms with Crippen molar-refractivity contribution in [1.82, 2.24) is 5.32 Å². The van der Waals surface area contributed by atoms with Crippen LogP contribution >= 0.6 is 0 Å². The van der Waals surface area contributed by atoms with E-state index in [0.29, 0.717) is 0 Å². The van der Waals surface area contributed by atoms with Crippen LogP contribution in [0.15, 0.2) is 0 Å². The maximum atomic E-state index is 10.9. The van der Waals surface area contributed by atoms with Crippen molar-refractivity contribution in [3.63, 3.8) is 0 Å². The van der Waals surface area contributed by atoms with Crippen LogP contribution in [0.25, 0.3) is 0 Å². The van der Waals surface area contributed by atoms with Crippen molar-refractivity contribution in [2.75, 3.05) is 0 Å². The Bertz CT molecular complexity index is 349. The summed E-state index contributed by atoms with van der Waals surface area (Å²) in [5.74, 6) is -4.80. The minimum Gasteiger partial charge on any atom is -0.479 e. The van der Waals surface area contributed by atoms with Crippen LogP contribution in [-0.2, 0) is 19.2 Å². The van der Waals surface area contributed by atoms with E-state index in [1.54, 1.807) is 0 Å². The van der Waals surface area contributed by atoms with Gasteiger partial charge >= 0.3 is 11.9 Å². The van der Waals surface area contributed by atoms with Gasteiger partial charge in [0.1, 0.15) is 5.54 Å². The summed E-state index contributed by atoms with van der Waals surface area (Å²) in [7, 11) is 0. The number of hydrogen-bond acceptors (Lipinski definition) is 4. The first-order chi connectivity index (χ1) is 6.87. The standard InChI is InChI=1S/C8H9NO6/c10-4(6(12)13)3-8(7(14)15)2-1-5(11)9-8/h1-3H2,(H,9,11)(H,12,13)(H,14,15). The van der Waals surface area contributed by atoms with E-state index in [0.717, 1.165) is 0 Å². The molecule has 1 saturated heterocycles. The van der Waals surface area contributed by atoms with Gasteiger partial charge in [-0.2, -0.15) is 0 Å². The highest BCUT2D eigenvalue weighted by Gasteiger charge is 2.47. The van der Waals surface area contributed by atoms with Crippen molar-refractivity contribution in [2.24, 2.45) is 0 Å². The number of hydrogen-bond donors (Lipinski definition) is 3. The fourth-order valence-electron chi connectivity index (χ4n) is 1.44. The Morgan fingerprint density at radius 3 is 2.27 bits per heavy atom. The van der Waals surface area contributed by atoms with Gasteiger partial charge in [-0.25, -0.2) is 9.59 Å². The smallest absolute Gasteiger partial charge is 0.372 e. The highest BCUT2D eigenvalue weighted by atomic mass is 16.4. The molecule has 1 atom stereocenters. The van der Waals surface area contributed by atoms with Gasteiger partial charge in [0, 0.05) is 6.42 Å². The van der Waals surface area contributed by atoms with Gasteiger partial charge in [0.25, 0.3) is 0 Å². The molecule has 3 N–H and O–H groups in total.